The summed E-state index contributed by atoms with van der Waals surface area (Å²) in [5.41, 5.74) is 1.12. The van der Waals surface area contributed by atoms with Crippen molar-refractivity contribution in [3.8, 4) is 17.2 Å². The number of likely N-dealkylation sites (tertiary alicyclic amines) is 1. The average molecular weight is 526 g/mol. The molecular weight excluding hydrogens is 498 g/mol. The van der Waals surface area contributed by atoms with E-state index in [2.05, 4.69) is 5.32 Å². The van der Waals surface area contributed by atoms with E-state index in [-0.39, 0.29) is 29.9 Å². The van der Waals surface area contributed by atoms with Crippen LogP contribution in [0.5, 0.6) is 17.2 Å². The van der Waals surface area contributed by atoms with Gasteiger partial charge in [0, 0.05) is 13.1 Å². The smallest absolute Gasteiger partial charge is 0.294 e. The Morgan fingerprint density at radius 1 is 1.00 bits per heavy atom. The number of rotatable bonds is 9. The summed E-state index contributed by atoms with van der Waals surface area (Å²) in [5.74, 6) is 0.102. The highest BCUT2D eigenvalue weighted by Gasteiger charge is 2.37. The number of imide groups is 1. The minimum Gasteiger partial charge on any atom is -0.495 e. The number of thioether (sulfide) groups is 1. The second-order valence-electron chi connectivity index (χ2n) is 8.30. The van der Waals surface area contributed by atoms with Crippen molar-refractivity contribution in [3.05, 3.63) is 52.9 Å². The quantitative estimate of drug-likeness (QED) is 0.496. The van der Waals surface area contributed by atoms with E-state index in [0.717, 1.165) is 29.5 Å². The second-order valence-corrected chi connectivity index (χ2v) is 9.30. The minimum absolute atomic E-state index is 0.214. The Kier molecular flexibility index (Phi) is 8.34. The Morgan fingerprint density at radius 2 is 1.73 bits per heavy atom. The van der Waals surface area contributed by atoms with Gasteiger partial charge in [-0.3, -0.25) is 24.1 Å². The van der Waals surface area contributed by atoms with Gasteiger partial charge in [-0.05, 0) is 60.5 Å². The van der Waals surface area contributed by atoms with Crippen molar-refractivity contribution in [2.75, 3.05) is 45.8 Å². The number of carbonyl (C=O) groups excluding carboxylic acids is 4. The van der Waals surface area contributed by atoms with Gasteiger partial charge in [0.2, 0.25) is 5.91 Å². The van der Waals surface area contributed by atoms with Crippen LogP contribution in [0.25, 0.3) is 6.08 Å². The fourth-order valence-electron chi connectivity index (χ4n) is 3.96. The summed E-state index contributed by atoms with van der Waals surface area (Å²) in [6.45, 7) is 0.787. The van der Waals surface area contributed by atoms with Crippen molar-refractivity contribution in [1.82, 2.24) is 9.80 Å². The number of hydrogen-bond acceptors (Lipinski definition) is 8. The fraction of sp³-hybridized carbons (Fsp3) is 0.308. The number of nitrogens with one attached hydrogen (secondary N) is 1. The molecule has 4 amide bonds. The first-order valence-electron chi connectivity index (χ1n) is 11.7. The van der Waals surface area contributed by atoms with Gasteiger partial charge in [0.1, 0.15) is 12.3 Å². The highest BCUT2D eigenvalue weighted by molar-refractivity contribution is 8.18. The summed E-state index contributed by atoms with van der Waals surface area (Å²) in [4.78, 5) is 52.8. The van der Waals surface area contributed by atoms with Crippen LogP contribution in [0.15, 0.2) is 47.4 Å². The Labute approximate surface area is 218 Å². The lowest BCUT2D eigenvalue weighted by Crippen LogP contribution is -2.40. The Hall–Kier alpha value is -3.99. The number of amides is 4. The number of benzene rings is 2. The van der Waals surface area contributed by atoms with Crippen molar-refractivity contribution in [3.63, 3.8) is 0 Å². The van der Waals surface area contributed by atoms with E-state index in [1.807, 2.05) is 0 Å². The van der Waals surface area contributed by atoms with E-state index in [0.29, 0.717) is 41.6 Å². The predicted molar refractivity (Wildman–Crippen MR) is 139 cm³/mol. The molecule has 37 heavy (non-hydrogen) atoms. The van der Waals surface area contributed by atoms with E-state index in [9.17, 15) is 19.2 Å². The molecule has 2 aliphatic rings. The zero-order chi connectivity index (χ0) is 26.4. The molecular formula is C26H27N3O7S. The molecule has 1 N–H and O–H groups in total. The molecule has 4 rings (SSSR count). The van der Waals surface area contributed by atoms with E-state index < -0.39 is 11.1 Å². The maximum atomic E-state index is 12.8. The zero-order valence-electron chi connectivity index (χ0n) is 20.5. The highest BCUT2D eigenvalue weighted by atomic mass is 32.2. The largest absolute Gasteiger partial charge is 0.495 e. The third kappa shape index (κ3) is 6.23. The summed E-state index contributed by atoms with van der Waals surface area (Å²) in [6.07, 6.45) is 3.43. The van der Waals surface area contributed by atoms with E-state index in [1.165, 1.54) is 14.2 Å². The number of para-hydroxylation sites is 2. The first-order chi connectivity index (χ1) is 17.9. The highest BCUT2D eigenvalue weighted by Crippen LogP contribution is 2.34. The van der Waals surface area contributed by atoms with E-state index in [4.69, 9.17) is 14.2 Å². The van der Waals surface area contributed by atoms with Crippen LogP contribution in [0.1, 0.15) is 18.4 Å². The molecule has 0 atom stereocenters. The van der Waals surface area contributed by atoms with Crippen molar-refractivity contribution < 1.29 is 33.4 Å². The molecule has 0 aliphatic carbocycles. The van der Waals surface area contributed by atoms with Gasteiger partial charge in [0.05, 0.1) is 24.8 Å². The normalized spacial score (nSPS) is 16.3. The molecule has 0 radical (unpaired) electrons. The Morgan fingerprint density at radius 3 is 2.46 bits per heavy atom. The summed E-state index contributed by atoms with van der Waals surface area (Å²) < 4.78 is 16.3. The van der Waals surface area contributed by atoms with Crippen LogP contribution in [-0.4, -0.2) is 73.2 Å². The Balaban J connectivity index is 1.39. The first kappa shape index (κ1) is 26.1. The number of ether oxygens (including phenoxy) is 3. The number of nitrogens with zero attached hydrogens (tertiary/aromatic N) is 2. The number of anilines is 1. The van der Waals surface area contributed by atoms with Crippen molar-refractivity contribution in [2.24, 2.45) is 0 Å². The summed E-state index contributed by atoms with van der Waals surface area (Å²) in [7, 11) is 2.97. The summed E-state index contributed by atoms with van der Waals surface area (Å²) >= 11 is 0.789. The van der Waals surface area contributed by atoms with Crippen LogP contribution in [0.3, 0.4) is 0 Å². The second kappa shape index (κ2) is 11.8. The number of carbonyl (C=O) groups is 4. The molecule has 0 unspecified atom stereocenters. The zero-order valence-corrected chi connectivity index (χ0v) is 21.3. The van der Waals surface area contributed by atoms with Gasteiger partial charge < -0.3 is 24.4 Å². The van der Waals surface area contributed by atoms with Crippen molar-refractivity contribution in [1.29, 1.82) is 0 Å². The SMILES string of the molecule is COc1ccccc1NC(=O)COc1ccc(/C=C2\SC(=O)N(CC(=O)N3CCCC3)C2=O)cc1OC. The lowest BCUT2D eigenvalue weighted by molar-refractivity contribution is -0.135. The van der Waals surface area contributed by atoms with Gasteiger partial charge >= 0.3 is 0 Å². The molecule has 2 aromatic carbocycles. The molecule has 2 heterocycles. The van der Waals surface area contributed by atoms with Gasteiger partial charge in [-0.25, -0.2) is 0 Å². The van der Waals surface area contributed by atoms with E-state index in [1.54, 1.807) is 53.4 Å². The third-order valence-corrected chi connectivity index (χ3v) is 6.76. The summed E-state index contributed by atoms with van der Waals surface area (Å²) in [6, 6.07) is 12.0. The molecule has 2 fully saturated rings. The molecule has 2 aromatic rings. The maximum absolute atomic E-state index is 12.8. The molecule has 0 saturated carbocycles. The predicted octanol–water partition coefficient (Wildman–Crippen LogP) is 3.38. The molecule has 0 bridgehead atoms. The topological polar surface area (TPSA) is 114 Å². The molecule has 11 heteroatoms. The Bertz CT molecular complexity index is 1240. The minimum atomic E-state index is -0.505. The van der Waals surface area contributed by atoms with Crippen LogP contribution < -0.4 is 19.5 Å². The molecule has 10 nitrogen and oxygen atoms in total. The molecule has 0 spiro atoms. The van der Waals surface area contributed by atoms with Gasteiger partial charge in [0.15, 0.2) is 18.1 Å². The lowest BCUT2D eigenvalue weighted by atomic mass is 10.2. The van der Waals surface area contributed by atoms with Crippen LogP contribution in [0, 0.1) is 0 Å². The average Bonchev–Trinajstić information content (AvgIpc) is 3.53. The maximum Gasteiger partial charge on any atom is 0.294 e. The van der Waals surface area contributed by atoms with Crippen LogP contribution in [0.2, 0.25) is 0 Å². The molecule has 2 saturated heterocycles. The lowest BCUT2D eigenvalue weighted by Gasteiger charge is -2.18. The first-order valence-corrected chi connectivity index (χ1v) is 12.5. The number of methoxy groups -OCH3 is 2. The van der Waals surface area contributed by atoms with Crippen LogP contribution in [0.4, 0.5) is 10.5 Å². The number of hydrogen-bond donors (Lipinski definition) is 1. The monoisotopic (exact) mass is 525 g/mol. The molecule has 2 aliphatic heterocycles. The van der Waals surface area contributed by atoms with Crippen molar-refractivity contribution >= 4 is 46.5 Å². The van der Waals surface area contributed by atoms with Crippen LogP contribution >= 0.6 is 11.8 Å². The fourth-order valence-corrected chi connectivity index (χ4v) is 4.80. The van der Waals surface area contributed by atoms with Gasteiger partial charge in [0.25, 0.3) is 17.1 Å². The van der Waals surface area contributed by atoms with Gasteiger partial charge in [-0.1, -0.05) is 18.2 Å². The van der Waals surface area contributed by atoms with Crippen molar-refractivity contribution in [2.45, 2.75) is 12.8 Å². The standard InChI is InChI=1S/C26H27N3O7S/c1-34-19-8-4-3-7-18(19)27-23(30)16-36-20-10-9-17(13-21(20)35-2)14-22-25(32)29(26(33)37-22)15-24(31)28-11-5-6-12-28/h3-4,7-10,13-14H,5-6,11-12,15-16H2,1-2H3,(H,27,30)/b22-14-. The van der Waals surface area contributed by atoms with Crippen LogP contribution in [-0.2, 0) is 14.4 Å². The van der Waals surface area contributed by atoms with E-state index >= 15 is 0 Å². The molecule has 194 valence electrons. The summed E-state index contributed by atoms with van der Waals surface area (Å²) in [5, 5.41) is 2.25. The van der Waals surface area contributed by atoms with Gasteiger partial charge in [-0.15, -0.1) is 0 Å². The van der Waals surface area contributed by atoms with Gasteiger partial charge in [-0.2, -0.15) is 0 Å². The molecule has 0 aromatic heterocycles. The third-order valence-electron chi connectivity index (χ3n) is 5.85.